The van der Waals surface area contributed by atoms with Crippen LogP contribution in [0.25, 0.3) is 11.1 Å². The fourth-order valence-electron chi connectivity index (χ4n) is 5.20. The number of hydrogen-bond acceptors (Lipinski definition) is 3. The molecule has 1 heterocycles. The first-order valence-corrected chi connectivity index (χ1v) is 12.1. The van der Waals surface area contributed by atoms with Gasteiger partial charge in [0.25, 0.3) is 0 Å². The van der Waals surface area contributed by atoms with Gasteiger partial charge in [-0.3, -0.25) is 4.79 Å². The molecule has 0 aromatic heterocycles. The normalized spacial score (nSPS) is 21.7. The van der Waals surface area contributed by atoms with Crippen molar-refractivity contribution in [3.8, 4) is 11.1 Å². The lowest BCUT2D eigenvalue weighted by Crippen LogP contribution is -2.16. The van der Waals surface area contributed by atoms with Gasteiger partial charge in [-0.1, -0.05) is 60.1 Å². The lowest BCUT2D eigenvalue weighted by Gasteiger charge is -2.28. The van der Waals surface area contributed by atoms with Crippen LogP contribution >= 0.6 is 11.6 Å². The van der Waals surface area contributed by atoms with Crippen LogP contribution in [0.1, 0.15) is 60.9 Å². The van der Waals surface area contributed by atoms with Crippen molar-refractivity contribution in [1.29, 1.82) is 0 Å². The molecular formula is C28H29ClN2O2. The van der Waals surface area contributed by atoms with Gasteiger partial charge in [0.05, 0.1) is 11.4 Å². The maximum atomic E-state index is 11.0. The molecule has 1 aliphatic carbocycles. The van der Waals surface area contributed by atoms with Crippen molar-refractivity contribution in [2.24, 2.45) is 5.92 Å². The summed E-state index contributed by atoms with van der Waals surface area (Å²) in [7, 11) is 0. The number of carboxylic acids is 1. The third-order valence-electron chi connectivity index (χ3n) is 7.17. The van der Waals surface area contributed by atoms with Gasteiger partial charge in [-0.2, -0.15) is 0 Å². The van der Waals surface area contributed by atoms with Crippen molar-refractivity contribution in [1.82, 2.24) is 0 Å². The van der Waals surface area contributed by atoms with Crippen molar-refractivity contribution in [3.05, 3.63) is 82.4 Å². The molecule has 3 N–H and O–H groups in total. The second-order valence-electron chi connectivity index (χ2n) is 9.43. The molecule has 0 radical (unpaired) electrons. The summed E-state index contributed by atoms with van der Waals surface area (Å²) in [6, 6.07) is 21.6. The lowest BCUT2D eigenvalue weighted by atomic mass is 9.77. The summed E-state index contributed by atoms with van der Waals surface area (Å²) in [6.07, 6.45) is 4.54. The van der Waals surface area contributed by atoms with Crippen LogP contribution in [-0.4, -0.2) is 11.1 Å². The van der Waals surface area contributed by atoms with E-state index in [1.54, 1.807) is 0 Å². The second kappa shape index (κ2) is 9.11. The molecule has 2 aliphatic rings. The molecular weight excluding hydrogens is 432 g/mol. The average Bonchev–Trinajstić information content (AvgIpc) is 3.22. The smallest absolute Gasteiger partial charge is 0.303 e. The Hall–Kier alpha value is -2.98. The number of benzene rings is 3. The Labute approximate surface area is 200 Å². The zero-order chi connectivity index (χ0) is 22.9. The van der Waals surface area contributed by atoms with E-state index in [0.29, 0.717) is 18.3 Å². The average molecular weight is 461 g/mol. The summed E-state index contributed by atoms with van der Waals surface area (Å²) in [4.78, 5) is 11.0. The Kier molecular flexibility index (Phi) is 6.03. The predicted molar refractivity (Wildman–Crippen MR) is 135 cm³/mol. The largest absolute Gasteiger partial charge is 0.481 e. The molecule has 1 atom stereocenters. The molecule has 1 unspecified atom stereocenters. The molecule has 1 saturated carbocycles. The number of carbonyl (C=O) groups is 1. The number of rotatable bonds is 5. The van der Waals surface area contributed by atoms with E-state index in [0.717, 1.165) is 47.6 Å². The van der Waals surface area contributed by atoms with Crippen LogP contribution in [-0.2, 0) is 4.79 Å². The topological polar surface area (TPSA) is 61.4 Å². The number of fused-ring (bicyclic) bond motifs is 1. The molecule has 4 nitrogen and oxygen atoms in total. The zero-order valence-corrected chi connectivity index (χ0v) is 19.5. The molecule has 0 amide bonds. The van der Waals surface area contributed by atoms with E-state index in [1.807, 2.05) is 13.0 Å². The van der Waals surface area contributed by atoms with Gasteiger partial charge in [-0.05, 0) is 84.4 Å². The van der Waals surface area contributed by atoms with E-state index in [2.05, 4.69) is 65.2 Å². The second-order valence-corrected chi connectivity index (χ2v) is 9.84. The number of hydrogen-bond donors (Lipinski definition) is 3. The van der Waals surface area contributed by atoms with Crippen LogP contribution in [0.5, 0.6) is 0 Å². The third-order valence-corrected chi connectivity index (χ3v) is 7.58. The van der Waals surface area contributed by atoms with E-state index >= 15 is 0 Å². The van der Waals surface area contributed by atoms with Gasteiger partial charge in [0.2, 0.25) is 0 Å². The van der Waals surface area contributed by atoms with Gasteiger partial charge in [0, 0.05) is 11.4 Å². The number of carboxylic acid groups (broad SMARTS) is 1. The summed E-state index contributed by atoms with van der Waals surface area (Å²) < 4.78 is 0. The Morgan fingerprint density at radius 3 is 2.00 bits per heavy atom. The molecule has 5 heteroatoms. The number of halogens is 1. The Morgan fingerprint density at radius 2 is 1.42 bits per heavy atom. The van der Waals surface area contributed by atoms with Crippen molar-refractivity contribution >= 4 is 28.9 Å². The maximum absolute atomic E-state index is 11.0. The van der Waals surface area contributed by atoms with E-state index in [1.165, 1.54) is 22.3 Å². The summed E-state index contributed by atoms with van der Waals surface area (Å²) in [5, 5.41) is 16.8. The third kappa shape index (κ3) is 4.72. The quantitative estimate of drug-likeness (QED) is 0.366. The zero-order valence-electron chi connectivity index (χ0n) is 18.8. The first-order valence-electron chi connectivity index (χ1n) is 11.7. The highest BCUT2D eigenvalue weighted by atomic mass is 35.5. The molecule has 33 heavy (non-hydrogen) atoms. The first-order chi connectivity index (χ1) is 16.0. The highest BCUT2D eigenvalue weighted by molar-refractivity contribution is 6.31. The van der Waals surface area contributed by atoms with Crippen molar-refractivity contribution < 1.29 is 9.90 Å². The number of aryl methyl sites for hydroxylation is 1. The van der Waals surface area contributed by atoms with Gasteiger partial charge in [-0.25, -0.2) is 0 Å². The molecule has 3 aromatic carbocycles. The minimum Gasteiger partial charge on any atom is -0.481 e. The predicted octanol–water partition coefficient (Wildman–Crippen LogP) is 7.60. The van der Waals surface area contributed by atoms with E-state index in [4.69, 9.17) is 16.7 Å². The molecule has 1 aliphatic heterocycles. The minimum atomic E-state index is -0.669. The highest BCUT2D eigenvalue weighted by Gasteiger charge is 2.24. The molecule has 0 bridgehead atoms. The first kappa shape index (κ1) is 21.8. The van der Waals surface area contributed by atoms with Gasteiger partial charge in [0.1, 0.15) is 6.17 Å². The molecule has 0 saturated heterocycles. The monoisotopic (exact) mass is 460 g/mol. The Bertz CT molecular complexity index is 1120. The Balaban J connectivity index is 1.23. The maximum Gasteiger partial charge on any atom is 0.303 e. The molecule has 0 spiro atoms. The molecule has 5 rings (SSSR count). The molecule has 3 aromatic rings. The van der Waals surface area contributed by atoms with Crippen molar-refractivity contribution in [3.63, 3.8) is 0 Å². The fourth-order valence-corrected chi connectivity index (χ4v) is 5.36. The van der Waals surface area contributed by atoms with Crippen molar-refractivity contribution in [2.75, 3.05) is 10.6 Å². The van der Waals surface area contributed by atoms with Gasteiger partial charge < -0.3 is 15.7 Å². The van der Waals surface area contributed by atoms with Crippen LogP contribution in [0.3, 0.4) is 0 Å². The summed E-state index contributed by atoms with van der Waals surface area (Å²) in [5.74, 6) is 0.219. The lowest BCUT2D eigenvalue weighted by molar-refractivity contribution is -0.138. The van der Waals surface area contributed by atoms with Crippen LogP contribution in [0.15, 0.2) is 60.7 Å². The number of anilines is 2. The number of aliphatic carboxylic acids is 1. The highest BCUT2D eigenvalue weighted by Crippen LogP contribution is 2.40. The Morgan fingerprint density at radius 1 is 0.879 bits per heavy atom. The SMILES string of the molecule is Cc1cc2c(cc1Cl)NC(c1ccc(-c3ccc([C@H]4CC[C@H](CC(=O)O)CC4)cc3)cc1)N2. The van der Waals surface area contributed by atoms with E-state index < -0.39 is 5.97 Å². The summed E-state index contributed by atoms with van der Waals surface area (Å²) >= 11 is 6.27. The standard InChI is InChI=1S/C28H29ClN2O2/c1-17-14-25-26(16-24(17)29)31-28(30-25)23-12-10-22(11-13-23)21-8-6-20(7-9-21)19-4-2-18(3-5-19)15-27(32)33/h6-14,16,18-19,28,30-31H,2-5,15H2,1H3,(H,32,33)/t18-,19-,28?. The van der Waals surface area contributed by atoms with Crippen LogP contribution in [0, 0.1) is 12.8 Å². The minimum absolute atomic E-state index is 0.0329. The molecule has 170 valence electrons. The van der Waals surface area contributed by atoms with Gasteiger partial charge in [0.15, 0.2) is 0 Å². The van der Waals surface area contributed by atoms with Crippen molar-refractivity contribution in [2.45, 2.75) is 51.1 Å². The van der Waals surface area contributed by atoms with Crippen LogP contribution < -0.4 is 10.6 Å². The fraction of sp³-hybridized carbons (Fsp3) is 0.321. The molecule has 1 fully saturated rings. The summed E-state index contributed by atoms with van der Waals surface area (Å²) in [5.41, 5.74) is 8.14. The van der Waals surface area contributed by atoms with Gasteiger partial charge >= 0.3 is 5.97 Å². The van der Waals surface area contributed by atoms with Crippen LogP contribution in [0.2, 0.25) is 5.02 Å². The van der Waals surface area contributed by atoms with E-state index in [-0.39, 0.29) is 6.17 Å². The van der Waals surface area contributed by atoms with Gasteiger partial charge in [-0.15, -0.1) is 0 Å². The number of nitrogens with one attached hydrogen (secondary N) is 2. The van der Waals surface area contributed by atoms with Crippen LogP contribution in [0.4, 0.5) is 11.4 Å². The summed E-state index contributed by atoms with van der Waals surface area (Å²) in [6.45, 7) is 2.02. The van der Waals surface area contributed by atoms with E-state index in [9.17, 15) is 4.79 Å².